The molecule has 0 aromatic rings. The molecule has 0 heterocycles. The van der Waals surface area contributed by atoms with Crippen molar-refractivity contribution >= 4 is 0 Å². The van der Waals surface area contributed by atoms with Crippen molar-refractivity contribution in [1.29, 1.82) is 0 Å². The molecule has 0 aliphatic carbocycles. The fourth-order valence-corrected chi connectivity index (χ4v) is 2.40. The molecule has 18 heavy (non-hydrogen) atoms. The molecule has 0 radical (unpaired) electrons. The molecule has 1 N–H and O–H groups in total. The van der Waals surface area contributed by atoms with E-state index in [0.29, 0.717) is 12.1 Å². The van der Waals surface area contributed by atoms with Crippen LogP contribution in [0.2, 0.25) is 0 Å². The normalized spacial score (nSPS) is 13.8. The molecule has 1 unspecified atom stereocenters. The molecule has 2 nitrogen and oxygen atoms in total. The molecule has 0 spiro atoms. The summed E-state index contributed by atoms with van der Waals surface area (Å²) in [5.41, 5.74) is 0. The summed E-state index contributed by atoms with van der Waals surface area (Å²) in [6.07, 6.45) is 5.28. The van der Waals surface area contributed by atoms with Gasteiger partial charge in [0.05, 0.1) is 0 Å². The smallest absolute Gasteiger partial charge is 0.00817 e. The van der Waals surface area contributed by atoms with Crippen LogP contribution in [-0.4, -0.2) is 36.6 Å². The summed E-state index contributed by atoms with van der Waals surface area (Å²) in [6.45, 7) is 17.4. The highest BCUT2D eigenvalue weighted by Crippen LogP contribution is 2.10. The van der Waals surface area contributed by atoms with Gasteiger partial charge in [0.1, 0.15) is 0 Å². The quantitative estimate of drug-likeness (QED) is 0.564. The number of hydrogen-bond acceptors (Lipinski definition) is 2. The van der Waals surface area contributed by atoms with Crippen LogP contribution in [-0.2, 0) is 0 Å². The Hall–Kier alpha value is -0.0800. The van der Waals surface area contributed by atoms with Gasteiger partial charge >= 0.3 is 0 Å². The van der Waals surface area contributed by atoms with Crippen LogP contribution in [0.5, 0.6) is 0 Å². The summed E-state index contributed by atoms with van der Waals surface area (Å²) in [5, 5.41) is 3.55. The van der Waals surface area contributed by atoms with Crippen molar-refractivity contribution in [2.24, 2.45) is 5.92 Å². The molecule has 0 aromatic heterocycles. The van der Waals surface area contributed by atoms with E-state index in [2.05, 4.69) is 51.8 Å². The average Bonchev–Trinajstić information content (AvgIpc) is 2.29. The first-order chi connectivity index (χ1) is 8.49. The van der Waals surface area contributed by atoms with Crippen LogP contribution in [0.3, 0.4) is 0 Å². The Morgan fingerprint density at radius 1 is 1.00 bits per heavy atom. The average molecular weight is 256 g/mol. The third-order valence-electron chi connectivity index (χ3n) is 3.54. The van der Waals surface area contributed by atoms with E-state index in [-0.39, 0.29) is 0 Å². The van der Waals surface area contributed by atoms with E-state index in [4.69, 9.17) is 0 Å². The lowest BCUT2D eigenvalue weighted by atomic mass is 10.1. The van der Waals surface area contributed by atoms with Gasteiger partial charge in [-0.2, -0.15) is 0 Å². The van der Waals surface area contributed by atoms with Crippen molar-refractivity contribution in [1.82, 2.24) is 10.2 Å². The van der Waals surface area contributed by atoms with Gasteiger partial charge in [-0.15, -0.1) is 0 Å². The Morgan fingerprint density at radius 2 is 1.67 bits per heavy atom. The summed E-state index contributed by atoms with van der Waals surface area (Å²) >= 11 is 0. The minimum absolute atomic E-state index is 0.668. The molecule has 2 heteroatoms. The number of nitrogens with zero attached hydrogens (tertiary/aromatic N) is 1. The maximum Gasteiger partial charge on any atom is 0.00817 e. The zero-order valence-corrected chi connectivity index (χ0v) is 13.6. The van der Waals surface area contributed by atoms with Gasteiger partial charge in [-0.25, -0.2) is 0 Å². The number of hydrogen-bond donors (Lipinski definition) is 1. The lowest BCUT2D eigenvalue weighted by Gasteiger charge is -2.33. The van der Waals surface area contributed by atoms with E-state index in [0.717, 1.165) is 19.0 Å². The Kier molecular flexibility index (Phi) is 10.8. The molecule has 0 fully saturated rings. The Balaban J connectivity index is 3.87. The van der Waals surface area contributed by atoms with Gasteiger partial charge in [0.25, 0.3) is 0 Å². The number of rotatable bonds is 11. The number of nitrogens with one attached hydrogen (secondary N) is 1. The van der Waals surface area contributed by atoms with Crippen LogP contribution >= 0.6 is 0 Å². The Labute approximate surface area is 116 Å². The second kappa shape index (κ2) is 10.8. The van der Waals surface area contributed by atoms with E-state index >= 15 is 0 Å². The van der Waals surface area contributed by atoms with Gasteiger partial charge in [0, 0.05) is 12.1 Å². The van der Waals surface area contributed by atoms with Crippen LogP contribution in [0.4, 0.5) is 0 Å². The summed E-state index contributed by atoms with van der Waals surface area (Å²) in [7, 11) is 0. The lowest BCUT2D eigenvalue weighted by Crippen LogP contribution is -2.41. The van der Waals surface area contributed by atoms with Crippen molar-refractivity contribution in [2.75, 3.05) is 19.6 Å². The molecule has 0 aliphatic heterocycles. The first kappa shape index (κ1) is 17.9. The topological polar surface area (TPSA) is 15.3 Å². The van der Waals surface area contributed by atoms with Crippen molar-refractivity contribution in [3.8, 4) is 0 Å². The molecule has 0 aliphatic rings. The molecule has 0 rings (SSSR count). The molecule has 1 atom stereocenters. The Bertz CT molecular complexity index is 178. The minimum Gasteiger partial charge on any atom is -0.316 e. The highest BCUT2D eigenvalue weighted by atomic mass is 15.2. The van der Waals surface area contributed by atoms with E-state index in [1.807, 2.05) is 0 Å². The fourth-order valence-electron chi connectivity index (χ4n) is 2.40. The molecular weight excluding hydrogens is 220 g/mol. The lowest BCUT2D eigenvalue weighted by molar-refractivity contribution is 0.152. The van der Waals surface area contributed by atoms with Crippen LogP contribution < -0.4 is 5.32 Å². The molecule has 110 valence electrons. The predicted molar refractivity (Wildman–Crippen MR) is 83.2 cm³/mol. The monoisotopic (exact) mass is 256 g/mol. The molecule has 0 bridgehead atoms. The summed E-state index contributed by atoms with van der Waals surface area (Å²) < 4.78 is 0. The van der Waals surface area contributed by atoms with Crippen LogP contribution in [0, 0.1) is 5.92 Å². The predicted octanol–water partition coefficient (Wildman–Crippen LogP) is 3.91. The highest BCUT2D eigenvalue weighted by molar-refractivity contribution is 4.72. The van der Waals surface area contributed by atoms with E-state index in [1.165, 1.54) is 32.2 Å². The van der Waals surface area contributed by atoms with Gasteiger partial charge in [-0.1, -0.05) is 33.6 Å². The van der Waals surface area contributed by atoms with Gasteiger partial charge in [-0.3, -0.25) is 4.90 Å². The molecule has 0 aromatic carbocycles. The van der Waals surface area contributed by atoms with Crippen molar-refractivity contribution < 1.29 is 0 Å². The van der Waals surface area contributed by atoms with Gasteiger partial charge in [0.2, 0.25) is 0 Å². The van der Waals surface area contributed by atoms with Crippen molar-refractivity contribution in [3.05, 3.63) is 0 Å². The second-order valence-electron chi connectivity index (χ2n) is 6.27. The zero-order chi connectivity index (χ0) is 14.0. The largest absolute Gasteiger partial charge is 0.316 e. The summed E-state index contributed by atoms with van der Waals surface area (Å²) in [5.74, 6) is 0.756. The standard InChI is InChI=1S/C16H36N2/c1-7-8-9-12-18(15(4)5)16(6)10-11-17-13-14(2)3/h14-17H,7-13H2,1-6H3. The van der Waals surface area contributed by atoms with Crippen LogP contribution in [0.15, 0.2) is 0 Å². The van der Waals surface area contributed by atoms with E-state index in [1.54, 1.807) is 0 Å². The number of unbranched alkanes of at least 4 members (excludes halogenated alkanes) is 2. The van der Waals surface area contributed by atoms with E-state index in [9.17, 15) is 0 Å². The first-order valence-corrected chi connectivity index (χ1v) is 7.95. The van der Waals surface area contributed by atoms with Gasteiger partial charge in [-0.05, 0) is 59.2 Å². The van der Waals surface area contributed by atoms with Crippen molar-refractivity contribution in [3.63, 3.8) is 0 Å². The molecule has 0 amide bonds. The maximum absolute atomic E-state index is 3.55. The highest BCUT2D eigenvalue weighted by Gasteiger charge is 2.15. The molecule has 0 saturated carbocycles. The maximum atomic E-state index is 3.55. The van der Waals surface area contributed by atoms with Crippen LogP contribution in [0.25, 0.3) is 0 Å². The Morgan fingerprint density at radius 3 is 2.17 bits per heavy atom. The van der Waals surface area contributed by atoms with Gasteiger partial charge < -0.3 is 5.32 Å². The van der Waals surface area contributed by atoms with E-state index < -0.39 is 0 Å². The van der Waals surface area contributed by atoms with Crippen LogP contribution in [0.1, 0.15) is 67.2 Å². The van der Waals surface area contributed by atoms with Crippen molar-refractivity contribution in [2.45, 2.75) is 79.3 Å². The third-order valence-corrected chi connectivity index (χ3v) is 3.54. The summed E-state index contributed by atoms with van der Waals surface area (Å²) in [4.78, 5) is 2.66. The molecule has 0 saturated heterocycles. The molecular formula is C16H36N2. The second-order valence-corrected chi connectivity index (χ2v) is 6.27. The third kappa shape index (κ3) is 8.93. The SMILES string of the molecule is CCCCCN(C(C)C)C(C)CCNCC(C)C. The zero-order valence-electron chi connectivity index (χ0n) is 13.6. The summed E-state index contributed by atoms with van der Waals surface area (Å²) in [6, 6.07) is 1.36. The fraction of sp³-hybridized carbons (Fsp3) is 1.00. The van der Waals surface area contributed by atoms with Gasteiger partial charge in [0.15, 0.2) is 0 Å². The minimum atomic E-state index is 0.668. The first-order valence-electron chi connectivity index (χ1n) is 7.95.